The van der Waals surface area contributed by atoms with Crippen LogP contribution >= 0.6 is 0 Å². The van der Waals surface area contributed by atoms with Crippen molar-refractivity contribution in [3.05, 3.63) is 71.8 Å². The Bertz CT molecular complexity index is 1120. The number of nitrogens with zero attached hydrogens (tertiary/aromatic N) is 1. The normalized spacial score (nSPS) is 15.8. The van der Waals surface area contributed by atoms with Gasteiger partial charge in [-0.2, -0.15) is 13.1 Å². The summed E-state index contributed by atoms with van der Waals surface area (Å²) in [6.07, 6.45) is 0. The van der Waals surface area contributed by atoms with Gasteiger partial charge in [0.05, 0.1) is 5.69 Å². The molecular formula is C20H19N3O3S. The second-order valence-electron chi connectivity index (χ2n) is 6.45. The zero-order valence-corrected chi connectivity index (χ0v) is 15.6. The molecule has 1 aliphatic rings. The fourth-order valence-electron chi connectivity index (χ4n) is 3.29. The Morgan fingerprint density at radius 1 is 1.00 bits per heavy atom. The summed E-state index contributed by atoms with van der Waals surface area (Å²) >= 11 is 0. The number of rotatable bonds is 3. The number of nitrogens with one attached hydrogen (secondary N) is 2. The fraction of sp³-hybridized carbons (Fsp3) is 0.150. The van der Waals surface area contributed by atoms with Crippen LogP contribution in [-0.2, 0) is 10.2 Å². The van der Waals surface area contributed by atoms with Gasteiger partial charge in [-0.05, 0) is 48.2 Å². The summed E-state index contributed by atoms with van der Waals surface area (Å²) in [6, 6.07) is 18.4. The standard InChI is InChI=1S/C20H19N3O3S/c1-14-4-2-6-18-17(14)5-3-7-19(18)22-20(24)15-8-10-16(11-9-15)23-13-12-21-27(23,25)26/h2-11,21H,12-13H2,1H3,(H,22,24). The van der Waals surface area contributed by atoms with Gasteiger partial charge in [0.25, 0.3) is 5.91 Å². The molecular weight excluding hydrogens is 362 g/mol. The van der Waals surface area contributed by atoms with Crippen molar-refractivity contribution < 1.29 is 13.2 Å². The monoisotopic (exact) mass is 381 g/mol. The third-order valence-electron chi connectivity index (χ3n) is 4.70. The minimum absolute atomic E-state index is 0.238. The predicted molar refractivity (Wildman–Crippen MR) is 107 cm³/mol. The van der Waals surface area contributed by atoms with E-state index in [1.807, 2.05) is 43.3 Å². The van der Waals surface area contributed by atoms with Crippen molar-refractivity contribution in [2.45, 2.75) is 6.92 Å². The van der Waals surface area contributed by atoms with Crippen molar-refractivity contribution >= 4 is 38.3 Å². The summed E-state index contributed by atoms with van der Waals surface area (Å²) in [5.41, 5.74) is 2.90. The smallest absolute Gasteiger partial charge is 0.301 e. The van der Waals surface area contributed by atoms with E-state index < -0.39 is 10.2 Å². The second-order valence-corrected chi connectivity index (χ2v) is 8.13. The van der Waals surface area contributed by atoms with Crippen molar-refractivity contribution in [3.8, 4) is 0 Å². The van der Waals surface area contributed by atoms with Crippen molar-refractivity contribution in [3.63, 3.8) is 0 Å². The number of carbonyl (C=O) groups excluding carboxylic acids is 1. The first kappa shape index (κ1) is 17.5. The van der Waals surface area contributed by atoms with Crippen LogP contribution in [0.2, 0.25) is 0 Å². The molecule has 3 aromatic rings. The Morgan fingerprint density at radius 2 is 1.70 bits per heavy atom. The Morgan fingerprint density at radius 3 is 2.41 bits per heavy atom. The first-order chi connectivity index (χ1) is 13.0. The van der Waals surface area contributed by atoms with E-state index >= 15 is 0 Å². The molecule has 1 aliphatic heterocycles. The van der Waals surface area contributed by atoms with E-state index in [-0.39, 0.29) is 5.91 Å². The number of aryl methyl sites for hydroxylation is 1. The van der Waals surface area contributed by atoms with Gasteiger partial charge in [-0.15, -0.1) is 0 Å². The van der Waals surface area contributed by atoms with Crippen molar-refractivity contribution in [2.75, 3.05) is 22.7 Å². The first-order valence-electron chi connectivity index (χ1n) is 8.63. The molecule has 0 spiro atoms. The number of hydrogen-bond donors (Lipinski definition) is 2. The molecule has 2 N–H and O–H groups in total. The molecule has 0 aliphatic carbocycles. The maximum atomic E-state index is 12.6. The highest BCUT2D eigenvalue weighted by atomic mass is 32.2. The SMILES string of the molecule is Cc1cccc2c(NC(=O)c3ccc(N4CCNS4(=O)=O)cc3)cccc12. The maximum Gasteiger partial charge on any atom is 0.301 e. The largest absolute Gasteiger partial charge is 0.321 e. The summed E-state index contributed by atoms with van der Waals surface area (Å²) in [5.74, 6) is -0.238. The topological polar surface area (TPSA) is 78.5 Å². The van der Waals surface area contributed by atoms with E-state index in [0.29, 0.717) is 24.3 Å². The Kier molecular flexibility index (Phi) is 4.33. The number of anilines is 2. The molecule has 1 fully saturated rings. The second kappa shape index (κ2) is 6.68. The van der Waals surface area contributed by atoms with Crippen molar-refractivity contribution in [1.29, 1.82) is 0 Å². The molecule has 138 valence electrons. The van der Waals surface area contributed by atoms with Gasteiger partial charge in [0, 0.05) is 29.7 Å². The van der Waals surface area contributed by atoms with E-state index in [0.717, 1.165) is 22.0 Å². The van der Waals surface area contributed by atoms with E-state index in [9.17, 15) is 13.2 Å². The number of fused-ring (bicyclic) bond motifs is 1. The molecule has 0 aromatic heterocycles. The molecule has 1 heterocycles. The van der Waals surface area contributed by atoms with Crippen LogP contribution in [0.4, 0.5) is 11.4 Å². The fourth-order valence-corrected chi connectivity index (χ4v) is 4.53. The molecule has 3 aromatic carbocycles. The molecule has 27 heavy (non-hydrogen) atoms. The minimum Gasteiger partial charge on any atom is -0.321 e. The van der Waals surface area contributed by atoms with Crippen molar-refractivity contribution in [2.24, 2.45) is 0 Å². The summed E-state index contributed by atoms with van der Waals surface area (Å²) < 4.78 is 27.6. The molecule has 0 radical (unpaired) electrons. The maximum absolute atomic E-state index is 12.6. The third-order valence-corrected chi connectivity index (χ3v) is 6.24. The molecule has 4 rings (SSSR count). The Hall–Kier alpha value is -2.90. The summed E-state index contributed by atoms with van der Waals surface area (Å²) in [7, 11) is -3.47. The van der Waals surface area contributed by atoms with E-state index in [4.69, 9.17) is 0 Å². The van der Waals surface area contributed by atoms with Crippen LogP contribution in [0.3, 0.4) is 0 Å². The van der Waals surface area contributed by atoms with Gasteiger partial charge < -0.3 is 5.32 Å². The van der Waals surface area contributed by atoms with Crippen LogP contribution in [0, 0.1) is 6.92 Å². The minimum atomic E-state index is -3.47. The predicted octanol–water partition coefficient (Wildman–Crippen LogP) is 3.05. The van der Waals surface area contributed by atoms with Gasteiger partial charge in [0.15, 0.2) is 0 Å². The molecule has 1 amide bonds. The van der Waals surface area contributed by atoms with E-state index in [2.05, 4.69) is 10.0 Å². The highest BCUT2D eigenvalue weighted by Gasteiger charge is 2.27. The van der Waals surface area contributed by atoms with Crippen LogP contribution < -0.4 is 14.3 Å². The first-order valence-corrected chi connectivity index (χ1v) is 10.1. The molecule has 0 saturated carbocycles. The average molecular weight is 381 g/mol. The highest BCUT2D eigenvalue weighted by molar-refractivity contribution is 7.91. The van der Waals surface area contributed by atoms with Gasteiger partial charge in [-0.3, -0.25) is 9.10 Å². The highest BCUT2D eigenvalue weighted by Crippen LogP contribution is 2.26. The summed E-state index contributed by atoms with van der Waals surface area (Å²) in [5, 5.41) is 5.03. The lowest BCUT2D eigenvalue weighted by Gasteiger charge is -2.16. The van der Waals surface area contributed by atoms with E-state index in [1.54, 1.807) is 24.3 Å². The molecule has 0 bridgehead atoms. The average Bonchev–Trinajstić information content (AvgIpc) is 3.02. The number of hydrogen-bond acceptors (Lipinski definition) is 3. The number of amides is 1. The van der Waals surface area contributed by atoms with Crippen LogP contribution in [0.5, 0.6) is 0 Å². The zero-order chi connectivity index (χ0) is 19.0. The quantitative estimate of drug-likeness (QED) is 0.732. The van der Waals surface area contributed by atoms with E-state index in [1.165, 1.54) is 4.31 Å². The van der Waals surface area contributed by atoms with Gasteiger partial charge in [-0.1, -0.05) is 30.3 Å². The third kappa shape index (κ3) is 3.27. The lowest BCUT2D eigenvalue weighted by molar-refractivity contribution is 0.102. The molecule has 7 heteroatoms. The summed E-state index contributed by atoms with van der Waals surface area (Å²) in [6.45, 7) is 2.79. The lowest BCUT2D eigenvalue weighted by atomic mass is 10.0. The molecule has 0 atom stereocenters. The van der Waals surface area contributed by atoms with Gasteiger partial charge in [-0.25, -0.2) is 0 Å². The van der Waals surface area contributed by atoms with Gasteiger partial charge in [0.1, 0.15) is 0 Å². The van der Waals surface area contributed by atoms with Crippen LogP contribution in [0.15, 0.2) is 60.7 Å². The molecule has 0 unspecified atom stereocenters. The molecule has 1 saturated heterocycles. The van der Waals surface area contributed by atoms with Crippen molar-refractivity contribution in [1.82, 2.24) is 4.72 Å². The van der Waals surface area contributed by atoms with Crippen LogP contribution in [-0.4, -0.2) is 27.4 Å². The molecule has 6 nitrogen and oxygen atoms in total. The van der Waals surface area contributed by atoms with Gasteiger partial charge >= 0.3 is 10.2 Å². The van der Waals surface area contributed by atoms with Gasteiger partial charge in [0.2, 0.25) is 0 Å². The lowest BCUT2D eigenvalue weighted by Crippen LogP contribution is -2.29. The number of benzene rings is 3. The summed E-state index contributed by atoms with van der Waals surface area (Å²) in [4.78, 5) is 12.6. The number of carbonyl (C=O) groups is 1. The Balaban J connectivity index is 1.58. The zero-order valence-electron chi connectivity index (χ0n) is 14.8. The van der Waals surface area contributed by atoms with Crippen LogP contribution in [0.1, 0.15) is 15.9 Å². The van der Waals surface area contributed by atoms with Crippen LogP contribution in [0.25, 0.3) is 10.8 Å². The Labute approximate surface area is 158 Å².